The van der Waals surface area contributed by atoms with Crippen molar-refractivity contribution in [3.63, 3.8) is 0 Å². The van der Waals surface area contributed by atoms with Crippen LogP contribution in [0, 0.1) is 5.92 Å². The third kappa shape index (κ3) is 5.42. The summed E-state index contributed by atoms with van der Waals surface area (Å²) in [6.45, 7) is 6.05. The molecule has 0 saturated heterocycles. The molecule has 22 heavy (non-hydrogen) atoms. The molecule has 2 N–H and O–H groups in total. The lowest BCUT2D eigenvalue weighted by molar-refractivity contribution is 0.562. The Labute approximate surface area is 140 Å². The van der Waals surface area contributed by atoms with E-state index in [4.69, 9.17) is 0 Å². The number of aromatic nitrogens is 1. The van der Waals surface area contributed by atoms with Gasteiger partial charge in [-0.15, -0.1) is 22.7 Å². The standard InChI is InChI=1S/C16H24N4S2/c1-4-13-10-18-15(22-13)11-20-16(17-3)19-9-12(2)8-14-6-5-7-21-14/h5-7,10,12H,4,8-9,11H2,1-3H3,(H2,17,19,20). The molecule has 0 saturated carbocycles. The van der Waals surface area contributed by atoms with E-state index in [1.807, 2.05) is 17.5 Å². The lowest BCUT2D eigenvalue weighted by atomic mass is 10.1. The molecule has 0 spiro atoms. The smallest absolute Gasteiger partial charge is 0.191 e. The maximum Gasteiger partial charge on any atom is 0.191 e. The molecule has 4 nitrogen and oxygen atoms in total. The molecule has 120 valence electrons. The molecule has 0 bridgehead atoms. The number of hydrogen-bond acceptors (Lipinski definition) is 4. The third-order valence-electron chi connectivity index (χ3n) is 3.33. The Bertz CT molecular complexity index is 575. The zero-order valence-corrected chi connectivity index (χ0v) is 15.1. The summed E-state index contributed by atoms with van der Waals surface area (Å²) >= 11 is 3.58. The van der Waals surface area contributed by atoms with Crippen molar-refractivity contribution in [3.05, 3.63) is 38.5 Å². The van der Waals surface area contributed by atoms with E-state index in [2.05, 4.69) is 52.0 Å². The minimum Gasteiger partial charge on any atom is -0.356 e. The maximum absolute atomic E-state index is 4.41. The number of rotatable bonds is 7. The second kappa shape index (κ2) is 8.90. The van der Waals surface area contributed by atoms with Crippen LogP contribution in [0.3, 0.4) is 0 Å². The predicted octanol–water partition coefficient (Wildman–Crippen LogP) is 3.31. The SMILES string of the molecule is CCc1cnc(CNC(=NC)NCC(C)Cc2cccs2)s1. The van der Waals surface area contributed by atoms with Crippen LogP contribution in [0.15, 0.2) is 28.7 Å². The molecule has 1 atom stereocenters. The molecule has 0 radical (unpaired) electrons. The van der Waals surface area contributed by atoms with Crippen LogP contribution in [0.25, 0.3) is 0 Å². The van der Waals surface area contributed by atoms with E-state index in [1.54, 1.807) is 18.4 Å². The van der Waals surface area contributed by atoms with Gasteiger partial charge in [0.1, 0.15) is 5.01 Å². The summed E-state index contributed by atoms with van der Waals surface area (Å²) in [6, 6.07) is 4.31. The molecule has 2 rings (SSSR count). The number of hydrogen-bond donors (Lipinski definition) is 2. The number of nitrogens with one attached hydrogen (secondary N) is 2. The van der Waals surface area contributed by atoms with E-state index in [9.17, 15) is 0 Å². The van der Waals surface area contributed by atoms with Crippen LogP contribution in [0.4, 0.5) is 0 Å². The molecular weight excluding hydrogens is 312 g/mol. The van der Waals surface area contributed by atoms with Crippen molar-refractivity contribution < 1.29 is 0 Å². The number of aliphatic imine (C=N–C) groups is 1. The minimum absolute atomic E-state index is 0.573. The van der Waals surface area contributed by atoms with Crippen LogP contribution in [0.2, 0.25) is 0 Å². The second-order valence-electron chi connectivity index (χ2n) is 5.27. The fourth-order valence-electron chi connectivity index (χ4n) is 2.09. The highest BCUT2D eigenvalue weighted by atomic mass is 32.1. The normalized spacial score (nSPS) is 13.1. The Morgan fingerprint density at radius 3 is 2.86 bits per heavy atom. The number of aryl methyl sites for hydroxylation is 1. The lowest BCUT2D eigenvalue weighted by Gasteiger charge is -2.15. The minimum atomic E-state index is 0.573. The van der Waals surface area contributed by atoms with Crippen LogP contribution < -0.4 is 10.6 Å². The van der Waals surface area contributed by atoms with Gasteiger partial charge in [-0.05, 0) is 30.2 Å². The maximum atomic E-state index is 4.41. The summed E-state index contributed by atoms with van der Waals surface area (Å²) in [5.74, 6) is 1.41. The highest BCUT2D eigenvalue weighted by molar-refractivity contribution is 7.11. The zero-order valence-electron chi connectivity index (χ0n) is 13.4. The van der Waals surface area contributed by atoms with Crippen LogP contribution in [-0.2, 0) is 19.4 Å². The Kier molecular flexibility index (Phi) is 6.86. The van der Waals surface area contributed by atoms with E-state index in [1.165, 1.54) is 9.75 Å². The average Bonchev–Trinajstić information content (AvgIpc) is 3.18. The van der Waals surface area contributed by atoms with E-state index in [-0.39, 0.29) is 0 Å². The predicted molar refractivity (Wildman–Crippen MR) is 96.9 cm³/mol. The van der Waals surface area contributed by atoms with Gasteiger partial charge >= 0.3 is 0 Å². The van der Waals surface area contributed by atoms with Crippen molar-refractivity contribution in [1.82, 2.24) is 15.6 Å². The Morgan fingerprint density at radius 2 is 2.23 bits per heavy atom. The van der Waals surface area contributed by atoms with Crippen molar-refractivity contribution in [2.75, 3.05) is 13.6 Å². The van der Waals surface area contributed by atoms with Gasteiger partial charge in [0.15, 0.2) is 5.96 Å². The van der Waals surface area contributed by atoms with Gasteiger partial charge in [-0.3, -0.25) is 4.99 Å². The number of thiophene rings is 1. The molecule has 0 aliphatic heterocycles. The van der Waals surface area contributed by atoms with Gasteiger partial charge in [0.25, 0.3) is 0 Å². The number of guanidine groups is 1. The summed E-state index contributed by atoms with van der Waals surface area (Å²) in [5, 5.41) is 9.96. The first-order valence-electron chi connectivity index (χ1n) is 7.61. The largest absolute Gasteiger partial charge is 0.356 e. The van der Waals surface area contributed by atoms with Gasteiger partial charge < -0.3 is 10.6 Å². The van der Waals surface area contributed by atoms with Crippen molar-refractivity contribution in [1.29, 1.82) is 0 Å². The van der Waals surface area contributed by atoms with Gasteiger partial charge in [0.2, 0.25) is 0 Å². The van der Waals surface area contributed by atoms with Crippen molar-refractivity contribution in [2.24, 2.45) is 10.9 Å². The fraction of sp³-hybridized carbons (Fsp3) is 0.500. The second-order valence-corrected chi connectivity index (χ2v) is 7.50. The highest BCUT2D eigenvalue weighted by Crippen LogP contribution is 2.14. The first-order valence-corrected chi connectivity index (χ1v) is 9.31. The molecule has 2 aromatic heterocycles. The average molecular weight is 337 g/mol. The molecular formula is C16H24N4S2. The molecule has 0 aromatic carbocycles. The molecule has 0 aliphatic carbocycles. The van der Waals surface area contributed by atoms with Gasteiger partial charge in [-0.25, -0.2) is 4.98 Å². The third-order valence-corrected chi connectivity index (χ3v) is 5.37. The van der Waals surface area contributed by atoms with Crippen molar-refractivity contribution >= 4 is 28.6 Å². The van der Waals surface area contributed by atoms with Crippen LogP contribution >= 0.6 is 22.7 Å². The van der Waals surface area contributed by atoms with Crippen LogP contribution in [0.5, 0.6) is 0 Å². The number of nitrogens with zero attached hydrogens (tertiary/aromatic N) is 2. The molecule has 0 fully saturated rings. The summed E-state index contributed by atoms with van der Waals surface area (Å²) < 4.78 is 0. The first kappa shape index (κ1) is 17.0. The van der Waals surface area contributed by atoms with E-state index in [0.717, 1.165) is 36.9 Å². The van der Waals surface area contributed by atoms with Gasteiger partial charge in [0.05, 0.1) is 6.54 Å². The Balaban J connectivity index is 1.72. The van der Waals surface area contributed by atoms with E-state index in [0.29, 0.717) is 5.92 Å². The first-order chi connectivity index (χ1) is 10.7. The highest BCUT2D eigenvalue weighted by Gasteiger charge is 2.07. The van der Waals surface area contributed by atoms with Crippen LogP contribution in [-0.4, -0.2) is 24.5 Å². The summed E-state index contributed by atoms with van der Waals surface area (Å²) in [7, 11) is 1.80. The van der Waals surface area contributed by atoms with Gasteiger partial charge in [-0.1, -0.05) is 19.9 Å². The number of thiazole rings is 1. The summed E-state index contributed by atoms with van der Waals surface area (Å²) in [5.41, 5.74) is 0. The molecule has 2 heterocycles. The van der Waals surface area contributed by atoms with E-state index >= 15 is 0 Å². The molecule has 6 heteroatoms. The van der Waals surface area contributed by atoms with Gasteiger partial charge in [0, 0.05) is 29.5 Å². The quantitative estimate of drug-likeness (QED) is 0.602. The lowest BCUT2D eigenvalue weighted by Crippen LogP contribution is -2.39. The Morgan fingerprint density at radius 1 is 1.36 bits per heavy atom. The van der Waals surface area contributed by atoms with Crippen LogP contribution in [0.1, 0.15) is 28.6 Å². The van der Waals surface area contributed by atoms with Crippen molar-refractivity contribution in [2.45, 2.75) is 33.2 Å². The summed E-state index contributed by atoms with van der Waals surface area (Å²) in [4.78, 5) is 11.4. The monoisotopic (exact) mass is 336 g/mol. The van der Waals surface area contributed by atoms with Gasteiger partial charge in [-0.2, -0.15) is 0 Å². The molecule has 0 aliphatic rings. The topological polar surface area (TPSA) is 49.3 Å². The fourth-order valence-corrected chi connectivity index (χ4v) is 3.76. The molecule has 0 amide bonds. The van der Waals surface area contributed by atoms with E-state index < -0.39 is 0 Å². The zero-order chi connectivity index (χ0) is 15.8. The molecule has 1 unspecified atom stereocenters. The summed E-state index contributed by atoms with van der Waals surface area (Å²) in [6.07, 6.45) is 4.11. The van der Waals surface area contributed by atoms with Crippen molar-refractivity contribution in [3.8, 4) is 0 Å². The molecule has 2 aromatic rings. The Hall–Kier alpha value is -1.40.